The number of hydrogen-bond donors (Lipinski definition) is 2. The van der Waals surface area contributed by atoms with Crippen LogP contribution in [0.3, 0.4) is 0 Å². The van der Waals surface area contributed by atoms with Crippen molar-refractivity contribution < 1.29 is 79.7 Å². The van der Waals surface area contributed by atoms with Crippen LogP contribution in [0.5, 0.6) is 23.0 Å². The van der Waals surface area contributed by atoms with Gasteiger partial charge < -0.3 is 20.9 Å². The van der Waals surface area contributed by atoms with Crippen molar-refractivity contribution in [3.05, 3.63) is 93.1 Å². The molecule has 0 fully saturated rings. The molecule has 234 valence electrons. The van der Waals surface area contributed by atoms with E-state index in [0.717, 1.165) is 0 Å². The zero-order valence-corrected chi connectivity index (χ0v) is 20.0. The van der Waals surface area contributed by atoms with Crippen molar-refractivity contribution in [1.29, 1.82) is 0 Å². The van der Waals surface area contributed by atoms with Crippen molar-refractivity contribution in [2.45, 2.75) is 0 Å². The summed E-state index contributed by atoms with van der Waals surface area (Å²) in [6.07, 6.45) is 0. The summed E-state index contributed by atoms with van der Waals surface area (Å²) in [5.74, 6) is -53.4. The molecule has 0 aliphatic rings. The fraction of sp³-hybridized carbons (Fsp3) is 0. The second-order valence-corrected chi connectivity index (χ2v) is 8.12. The van der Waals surface area contributed by atoms with Gasteiger partial charge in [-0.25, -0.2) is 43.9 Å². The first-order valence-corrected chi connectivity index (χ1v) is 10.7. The van der Waals surface area contributed by atoms with E-state index in [0.29, 0.717) is 0 Å². The van der Waals surface area contributed by atoms with E-state index in [1.54, 1.807) is 0 Å². The lowest BCUT2D eigenvalue weighted by molar-refractivity contribution is 0.325. The Morgan fingerprint density at radius 2 is 0.455 bits per heavy atom. The molecule has 0 radical (unpaired) electrons. The zero-order chi connectivity index (χ0) is 33.3. The Hall–Kier alpha value is -5.04. The highest BCUT2D eigenvalue weighted by Gasteiger charge is 2.38. The predicted molar refractivity (Wildman–Crippen MR) is 113 cm³/mol. The number of ether oxygens (including phenoxy) is 2. The molecule has 0 aromatic heterocycles. The Labute approximate surface area is 230 Å². The number of nitrogens with two attached hydrogens (primary N) is 2. The van der Waals surface area contributed by atoms with Crippen molar-refractivity contribution in [2.75, 3.05) is 11.5 Å². The van der Waals surface area contributed by atoms with Crippen LogP contribution in [0.25, 0.3) is 11.1 Å². The van der Waals surface area contributed by atoms with Crippen molar-refractivity contribution in [3.63, 3.8) is 0 Å². The number of rotatable bonds is 5. The van der Waals surface area contributed by atoms with Crippen molar-refractivity contribution >= 4 is 11.4 Å². The Balaban J connectivity index is 1.92. The molecule has 4 N–H and O–H groups in total. The molecule has 4 rings (SSSR count). The second kappa shape index (κ2) is 10.9. The summed E-state index contributed by atoms with van der Waals surface area (Å²) >= 11 is 0. The Morgan fingerprint density at radius 3 is 0.705 bits per heavy atom. The molecule has 0 aliphatic heterocycles. The van der Waals surface area contributed by atoms with E-state index < -0.39 is 139 Å². The van der Waals surface area contributed by atoms with Gasteiger partial charge in [-0.1, -0.05) is 0 Å². The first-order valence-electron chi connectivity index (χ1n) is 10.7. The highest BCUT2D eigenvalue weighted by atomic mass is 19.2. The molecular formula is C24H4F16N2O2. The quantitative estimate of drug-likeness (QED) is 0.0982. The first kappa shape index (κ1) is 31.9. The molecule has 44 heavy (non-hydrogen) atoms. The molecule has 0 spiro atoms. The standard InChI is InChI=1S/C24H4F16N2O2/c25-3-1(4(26)12(34)21(11(3)33)43-23-15(37)7(29)9(31)19(41)17(23)39)2-5(27)13(35)22(14(36)6(2)28)44-24-16(38)8(30)10(32)20(42)18(24)40/h41-42H2. The number of anilines is 2. The summed E-state index contributed by atoms with van der Waals surface area (Å²) in [6.45, 7) is 0. The van der Waals surface area contributed by atoms with Gasteiger partial charge in [0.15, 0.2) is 46.5 Å². The fourth-order valence-corrected chi connectivity index (χ4v) is 3.48. The molecule has 0 aliphatic carbocycles. The van der Waals surface area contributed by atoms with Gasteiger partial charge in [0.25, 0.3) is 0 Å². The number of nitrogen functional groups attached to an aromatic ring is 2. The molecule has 4 nitrogen and oxygen atoms in total. The Morgan fingerprint density at radius 1 is 0.250 bits per heavy atom. The third kappa shape index (κ3) is 4.51. The second-order valence-electron chi connectivity index (χ2n) is 8.12. The molecule has 0 bridgehead atoms. The molecule has 4 aromatic carbocycles. The zero-order valence-electron chi connectivity index (χ0n) is 20.0. The molecular weight excluding hydrogens is 652 g/mol. The Kier molecular flexibility index (Phi) is 7.90. The van der Waals surface area contributed by atoms with E-state index >= 15 is 0 Å². The van der Waals surface area contributed by atoms with Gasteiger partial charge in [0, 0.05) is 0 Å². The number of halogens is 16. The monoisotopic (exact) mass is 656 g/mol. The van der Waals surface area contributed by atoms with E-state index in [-0.39, 0.29) is 0 Å². The predicted octanol–water partition coefficient (Wildman–Crippen LogP) is 8.33. The van der Waals surface area contributed by atoms with Crippen LogP contribution in [0, 0.1) is 93.1 Å². The molecule has 4 aromatic rings. The molecule has 0 heterocycles. The van der Waals surface area contributed by atoms with Gasteiger partial charge in [-0.15, -0.1) is 0 Å². The van der Waals surface area contributed by atoms with Gasteiger partial charge >= 0.3 is 0 Å². The minimum Gasteiger partial charge on any atom is -0.445 e. The minimum atomic E-state index is -2.99. The van der Waals surface area contributed by atoms with Gasteiger partial charge in [-0.05, 0) is 0 Å². The maximum absolute atomic E-state index is 14.8. The van der Waals surface area contributed by atoms with E-state index in [9.17, 15) is 70.2 Å². The molecule has 0 saturated carbocycles. The van der Waals surface area contributed by atoms with Gasteiger partial charge in [0.2, 0.25) is 69.5 Å². The van der Waals surface area contributed by atoms with Crippen LogP contribution in [0.15, 0.2) is 0 Å². The lowest BCUT2D eigenvalue weighted by Crippen LogP contribution is -2.11. The summed E-state index contributed by atoms with van der Waals surface area (Å²) in [6, 6.07) is 0. The minimum absolute atomic E-state index is 1.85. The largest absolute Gasteiger partial charge is 0.445 e. The summed E-state index contributed by atoms with van der Waals surface area (Å²) in [5.41, 5.74) is 0.634. The third-order valence-corrected chi connectivity index (χ3v) is 5.62. The van der Waals surface area contributed by atoms with E-state index in [4.69, 9.17) is 11.5 Å². The summed E-state index contributed by atoms with van der Waals surface area (Å²) in [5, 5.41) is 0. The summed E-state index contributed by atoms with van der Waals surface area (Å²) in [7, 11) is 0. The first-order chi connectivity index (χ1) is 20.4. The molecule has 0 amide bonds. The summed E-state index contributed by atoms with van der Waals surface area (Å²) < 4.78 is 236. The van der Waals surface area contributed by atoms with Gasteiger partial charge in [0.05, 0.1) is 11.1 Å². The average Bonchev–Trinajstić information content (AvgIpc) is 2.99. The normalized spacial score (nSPS) is 11.4. The molecule has 0 saturated heterocycles. The van der Waals surface area contributed by atoms with Crippen LogP contribution in [0.4, 0.5) is 81.6 Å². The molecule has 20 heteroatoms. The molecule has 0 unspecified atom stereocenters. The van der Waals surface area contributed by atoms with Crippen molar-refractivity contribution in [1.82, 2.24) is 0 Å². The lowest BCUT2D eigenvalue weighted by atomic mass is 10.0. The van der Waals surface area contributed by atoms with Crippen molar-refractivity contribution in [2.24, 2.45) is 0 Å². The van der Waals surface area contributed by atoms with E-state index in [1.165, 1.54) is 0 Å². The maximum atomic E-state index is 14.8. The van der Waals surface area contributed by atoms with Crippen LogP contribution in [0.1, 0.15) is 0 Å². The number of hydrogen-bond acceptors (Lipinski definition) is 4. The average molecular weight is 656 g/mol. The Bertz CT molecular complexity index is 1660. The molecule has 0 atom stereocenters. The van der Waals surface area contributed by atoms with Crippen LogP contribution in [-0.4, -0.2) is 0 Å². The van der Waals surface area contributed by atoms with E-state index in [1.807, 2.05) is 0 Å². The van der Waals surface area contributed by atoms with Gasteiger partial charge in [0.1, 0.15) is 11.4 Å². The summed E-state index contributed by atoms with van der Waals surface area (Å²) in [4.78, 5) is 0. The highest BCUT2D eigenvalue weighted by Crippen LogP contribution is 2.45. The van der Waals surface area contributed by atoms with Crippen LogP contribution >= 0.6 is 0 Å². The van der Waals surface area contributed by atoms with Crippen LogP contribution in [-0.2, 0) is 0 Å². The maximum Gasteiger partial charge on any atom is 0.207 e. The van der Waals surface area contributed by atoms with Gasteiger partial charge in [-0.3, -0.25) is 0 Å². The van der Waals surface area contributed by atoms with Crippen LogP contribution in [0.2, 0.25) is 0 Å². The van der Waals surface area contributed by atoms with Gasteiger partial charge in [-0.2, -0.15) is 26.3 Å². The fourth-order valence-electron chi connectivity index (χ4n) is 3.48. The number of benzene rings is 4. The van der Waals surface area contributed by atoms with Crippen molar-refractivity contribution in [3.8, 4) is 34.1 Å². The third-order valence-electron chi connectivity index (χ3n) is 5.62. The van der Waals surface area contributed by atoms with Crippen LogP contribution < -0.4 is 20.9 Å². The lowest BCUT2D eigenvalue weighted by Gasteiger charge is -2.17. The highest BCUT2D eigenvalue weighted by molar-refractivity contribution is 5.70. The topological polar surface area (TPSA) is 70.5 Å². The SMILES string of the molecule is Nc1c(F)c(F)c(F)c(Oc2c(F)c(F)c(-c3c(F)c(F)c(Oc4c(F)c(N)c(F)c(F)c4F)c(F)c3F)c(F)c2F)c1F. The van der Waals surface area contributed by atoms with E-state index in [2.05, 4.69) is 9.47 Å². The smallest absolute Gasteiger partial charge is 0.207 e.